The first-order valence-electron chi connectivity index (χ1n) is 7.55. The maximum Gasteiger partial charge on any atom is 0.256 e. The molecule has 1 N–H and O–H groups in total. The van der Waals surface area contributed by atoms with Crippen molar-refractivity contribution in [1.82, 2.24) is 9.97 Å². The number of amides is 1. The Labute approximate surface area is 135 Å². The third kappa shape index (κ3) is 3.26. The van der Waals surface area contributed by atoms with Crippen LogP contribution in [-0.2, 0) is 6.42 Å². The second-order valence-corrected chi connectivity index (χ2v) is 5.08. The standard InChI is InChI=1S/C19H17N3O/c1-2-14-8-3-6-11-17(14)22-19(23)16-10-5-4-9-15(16)18-20-12-7-13-21-18/h3-13H,2H2,1H3,(H,22,23). The molecule has 0 saturated carbocycles. The van der Waals surface area contributed by atoms with Crippen molar-refractivity contribution in [3.63, 3.8) is 0 Å². The molecule has 0 fully saturated rings. The van der Waals surface area contributed by atoms with Crippen LogP contribution in [0.15, 0.2) is 67.0 Å². The highest BCUT2D eigenvalue weighted by Crippen LogP contribution is 2.22. The summed E-state index contributed by atoms with van der Waals surface area (Å²) < 4.78 is 0. The second kappa shape index (κ2) is 6.83. The monoisotopic (exact) mass is 303 g/mol. The van der Waals surface area contributed by atoms with Gasteiger partial charge in [-0.15, -0.1) is 0 Å². The molecule has 0 spiro atoms. The Morgan fingerprint density at radius 1 is 0.957 bits per heavy atom. The number of carbonyl (C=O) groups is 1. The summed E-state index contributed by atoms with van der Waals surface area (Å²) in [6.45, 7) is 2.07. The number of aromatic nitrogens is 2. The van der Waals surface area contributed by atoms with Crippen molar-refractivity contribution in [1.29, 1.82) is 0 Å². The summed E-state index contributed by atoms with van der Waals surface area (Å²) in [7, 11) is 0. The summed E-state index contributed by atoms with van der Waals surface area (Å²) in [5, 5.41) is 2.99. The van der Waals surface area contributed by atoms with Gasteiger partial charge in [-0.25, -0.2) is 9.97 Å². The predicted octanol–water partition coefficient (Wildman–Crippen LogP) is 3.96. The second-order valence-electron chi connectivity index (χ2n) is 5.08. The number of carbonyl (C=O) groups excluding carboxylic acids is 1. The van der Waals surface area contributed by atoms with Crippen LogP contribution in [0.25, 0.3) is 11.4 Å². The SMILES string of the molecule is CCc1ccccc1NC(=O)c1ccccc1-c1ncccn1. The zero-order chi connectivity index (χ0) is 16.1. The van der Waals surface area contributed by atoms with Crippen molar-refractivity contribution < 1.29 is 4.79 Å². The first kappa shape index (κ1) is 14.9. The number of aryl methyl sites for hydroxylation is 1. The van der Waals surface area contributed by atoms with Gasteiger partial charge < -0.3 is 5.32 Å². The first-order valence-corrected chi connectivity index (χ1v) is 7.55. The van der Waals surface area contributed by atoms with Crippen LogP contribution in [-0.4, -0.2) is 15.9 Å². The van der Waals surface area contributed by atoms with E-state index in [1.807, 2.05) is 42.5 Å². The maximum atomic E-state index is 12.7. The average Bonchev–Trinajstić information content (AvgIpc) is 2.63. The lowest BCUT2D eigenvalue weighted by molar-refractivity contribution is 0.102. The Bertz CT molecular complexity index is 816. The third-order valence-corrected chi connectivity index (χ3v) is 3.62. The van der Waals surface area contributed by atoms with Crippen molar-refractivity contribution >= 4 is 11.6 Å². The van der Waals surface area contributed by atoms with E-state index in [4.69, 9.17) is 0 Å². The highest BCUT2D eigenvalue weighted by atomic mass is 16.1. The molecule has 23 heavy (non-hydrogen) atoms. The van der Waals surface area contributed by atoms with E-state index in [0.717, 1.165) is 23.2 Å². The highest BCUT2D eigenvalue weighted by molar-refractivity contribution is 6.08. The molecule has 3 aromatic rings. The molecular weight excluding hydrogens is 286 g/mol. The molecule has 0 unspecified atom stereocenters. The Hall–Kier alpha value is -3.01. The molecule has 0 saturated heterocycles. The fraction of sp³-hybridized carbons (Fsp3) is 0.105. The Kier molecular flexibility index (Phi) is 4.43. The molecule has 0 aliphatic carbocycles. The van der Waals surface area contributed by atoms with Gasteiger partial charge in [-0.2, -0.15) is 0 Å². The zero-order valence-corrected chi connectivity index (χ0v) is 12.9. The molecule has 114 valence electrons. The van der Waals surface area contributed by atoms with Gasteiger partial charge in [-0.05, 0) is 30.2 Å². The molecule has 0 atom stereocenters. The molecule has 4 nitrogen and oxygen atoms in total. The van der Waals surface area contributed by atoms with Crippen LogP contribution >= 0.6 is 0 Å². The van der Waals surface area contributed by atoms with Crippen molar-refractivity contribution in [2.45, 2.75) is 13.3 Å². The van der Waals surface area contributed by atoms with Gasteiger partial charge in [0.1, 0.15) is 0 Å². The molecule has 3 rings (SSSR count). The summed E-state index contributed by atoms with van der Waals surface area (Å²) in [5.41, 5.74) is 3.22. The van der Waals surface area contributed by atoms with Crippen LogP contribution in [0, 0.1) is 0 Å². The molecule has 1 amide bonds. The van der Waals surface area contributed by atoms with Gasteiger partial charge in [0.2, 0.25) is 0 Å². The van der Waals surface area contributed by atoms with E-state index in [2.05, 4.69) is 22.2 Å². The van der Waals surface area contributed by atoms with Crippen LogP contribution in [0.4, 0.5) is 5.69 Å². The van der Waals surface area contributed by atoms with E-state index in [1.165, 1.54) is 0 Å². The summed E-state index contributed by atoms with van der Waals surface area (Å²) in [5.74, 6) is 0.385. The van der Waals surface area contributed by atoms with Gasteiger partial charge in [0.25, 0.3) is 5.91 Å². The molecule has 1 aromatic heterocycles. The van der Waals surface area contributed by atoms with Crippen LogP contribution in [0.5, 0.6) is 0 Å². The largest absolute Gasteiger partial charge is 0.322 e. The number of nitrogens with zero attached hydrogens (tertiary/aromatic N) is 2. The lowest BCUT2D eigenvalue weighted by atomic mass is 10.1. The number of anilines is 1. The van der Waals surface area contributed by atoms with E-state index in [9.17, 15) is 4.79 Å². The Morgan fingerprint density at radius 2 is 1.65 bits per heavy atom. The number of hydrogen-bond donors (Lipinski definition) is 1. The summed E-state index contributed by atoms with van der Waals surface area (Å²) in [6.07, 6.45) is 4.20. The molecule has 0 radical (unpaired) electrons. The molecule has 0 aliphatic heterocycles. The fourth-order valence-corrected chi connectivity index (χ4v) is 2.45. The van der Waals surface area contributed by atoms with Gasteiger partial charge in [-0.3, -0.25) is 4.79 Å². The lowest BCUT2D eigenvalue weighted by Gasteiger charge is -2.12. The highest BCUT2D eigenvalue weighted by Gasteiger charge is 2.14. The normalized spacial score (nSPS) is 10.3. The molecule has 1 heterocycles. The van der Waals surface area contributed by atoms with Crippen LogP contribution in [0.2, 0.25) is 0 Å². The lowest BCUT2D eigenvalue weighted by Crippen LogP contribution is -2.14. The third-order valence-electron chi connectivity index (χ3n) is 3.62. The van der Waals surface area contributed by atoms with Crippen molar-refractivity contribution in [3.05, 3.63) is 78.1 Å². The van der Waals surface area contributed by atoms with Gasteiger partial charge in [-0.1, -0.05) is 43.3 Å². The number of hydrogen-bond acceptors (Lipinski definition) is 3. The topological polar surface area (TPSA) is 54.9 Å². The number of benzene rings is 2. The minimum atomic E-state index is -0.158. The molecular formula is C19H17N3O. The fourth-order valence-electron chi connectivity index (χ4n) is 2.45. The van der Waals surface area contributed by atoms with Crippen molar-refractivity contribution in [3.8, 4) is 11.4 Å². The van der Waals surface area contributed by atoms with E-state index >= 15 is 0 Å². The smallest absolute Gasteiger partial charge is 0.256 e. The molecule has 2 aromatic carbocycles. The summed E-state index contributed by atoms with van der Waals surface area (Å²) in [6, 6.07) is 16.9. The summed E-state index contributed by atoms with van der Waals surface area (Å²) in [4.78, 5) is 21.2. The Morgan fingerprint density at radius 3 is 2.43 bits per heavy atom. The van der Waals surface area contributed by atoms with Gasteiger partial charge in [0.15, 0.2) is 5.82 Å². The summed E-state index contributed by atoms with van der Waals surface area (Å²) >= 11 is 0. The molecule has 4 heteroatoms. The minimum absolute atomic E-state index is 0.158. The van der Waals surface area contributed by atoms with E-state index in [-0.39, 0.29) is 5.91 Å². The first-order chi connectivity index (χ1) is 11.3. The Balaban J connectivity index is 1.95. The maximum absolute atomic E-state index is 12.7. The number of nitrogens with one attached hydrogen (secondary N) is 1. The van der Waals surface area contributed by atoms with E-state index < -0.39 is 0 Å². The van der Waals surface area contributed by atoms with Gasteiger partial charge in [0.05, 0.1) is 5.56 Å². The van der Waals surface area contributed by atoms with Crippen molar-refractivity contribution in [2.24, 2.45) is 0 Å². The zero-order valence-electron chi connectivity index (χ0n) is 12.9. The van der Waals surface area contributed by atoms with Crippen LogP contribution in [0.3, 0.4) is 0 Å². The number of rotatable bonds is 4. The average molecular weight is 303 g/mol. The minimum Gasteiger partial charge on any atom is -0.322 e. The van der Waals surface area contributed by atoms with Gasteiger partial charge >= 0.3 is 0 Å². The predicted molar refractivity (Wildman–Crippen MR) is 91.2 cm³/mol. The van der Waals surface area contributed by atoms with Gasteiger partial charge in [0, 0.05) is 23.6 Å². The van der Waals surface area contributed by atoms with Crippen LogP contribution in [0.1, 0.15) is 22.8 Å². The number of para-hydroxylation sites is 1. The van der Waals surface area contributed by atoms with Crippen LogP contribution < -0.4 is 5.32 Å². The molecule has 0 bridgehead atoms. The van der Waals surface area contributed by atoms with E-state index in [0.29, 0.717) is 11.4 Å². The molecule has 0 aliphatic rings. The van der Waals surface area contributed by atoms with Crippen molar-refractivity contribution in [2.75, 3.05) is 5.32 Å². The quantitative estimate of drug-likeness (QED) is 0.793. The van der Waals surface area contributed by atoms with E-state index in [1.54, 1.807) is 24.5 Å².